The molecule has 0 bridgehead atoms. The van der Waals surface area contributed by atoms with Crippen molar-refractivity contribution in [3.05, 3.63) is 35.1 Å². The number of benzene rings is 1. The maximum Gasteiger partial charge on any atom is 0.128 e. The van der Waals surface area contributed by atoms with E-state index in [4.69, 9.17) is 0 Å². The van der Waals surface area contributed by atoms with Crippen LogP contribution in [0.4, 0.5) is 4.39 Å². The van der Waals surface area contributed by atoms with Crippen molar-refractivity contribution in [3.8, 4) is 0 Å². The molecule has 1 saturated heterocycles. The van der Waals surface area contributed by atoms with E-state index in [2.05, 4.69) is 10.2 Å². The van der Waals surface area contributed by atoms with Gasteiger partial charge in [0.05, 0.1) is 0 Å². The molecule has 1 aliphatic carbocycles. The zero-order chi connectivity index (χ0) is 12.5. The van der Waals surface area contributed by atoms with E-state index in [0.29, 0.717) is 12.0 Å². The Balaban J connectivity index is 1.88. The summed E-state index contributed by atoms with van der Waals surface area (Å²) in [5, 5.41) is 3.37. The van der Waals surface area contributed by atoms with E-state index in [1.54, 1.807) is 6.07 Å². The SMILES string of the molecule is Cc1ccc([C@@H](C2CC2)N2CCNCC2)c(F)c1. The van der Waals surface area contributed by atoms with Crippen LogP contribution in [0.5, 0.6) is 0 Å². The Morgan fingerprint density at radius 1 is 1.28 bits per heavy atom. The van der Waals surface area contributed by atoms with Crippen LogP contribution in [0, 0.1) is 18.7 Å². The normalized spacial score (nSPS) is 23.0. The fourth-order valence-corrected chi connectivity index (χ4v) is 2.99. The van der Waals surface area contributed by atoms with Crippen molar-refractivity contribution < 1.29 is 4.39 Å². The predicted molar refractivity (Wildman–Crippen MR) is 71.0 cm³/mol. The fourth-order valence-electron chi connectivity index (χ4n) is 2.99. The number of hydrogen-bond acceptors (Lipinski definition) is 2. The van der Waals surface area contributed by atoms with Crippen LogP contribution < -0.4 is 5.32 Å². The first-order valence-corrected chi connectivity index (χ1v) is 6.96. The Kier molecular flexibility index (Phi) is 3.35. The summed E-state index contributed by atoms with van der Waals surface area (Å²) < 4.78 is 14.2. The summed E-state index contributed by atoms with van der Waals surface area (Å²) in [7, 11) is 0. The van der Waals surface area contributed by atoms with Crippen LogP contribution in [0.3, 0.4) is 0 Å². The van der Waals surface area contributed by atoms with Gasteiger partial charge in [0.1, 0.15) is 5.82 Å². The molecule has 98 valence electrons. The maximum absolute atomic E-state index is 14.2. The number of rotatable bonds is 3. The molecule has 0 aromatic heterocycles. The third-order valence-corrected chi connectivity index (χ3v) is 4.09. The van der Waals surface area contributed by atoms with Gasteiger partial charge in [-0.2, -0.15) is 0 Å². The highest BCUT2D eigenvalue weighted by atomic mass is 19.1. The van der Waals surface area contributed by atoms with E-state index in [1.165, 1.54) is 12.8 Å². The van der Waals surface area contributed by atoms with Gasteiger partial charge in [-0.05, 0) is 37.3 Å². The lowest BCUT2D eigenvalue weighted by Gasteiger charge is -2.35. The summed E-state index contributed by atoms with van der Waals surface area (Å²) in [6, 6.07) is 6.01. The Labute approximate surface area is 108 Å². The van der Waals surface area contributed by atoms with Crippen molar-refractivity contribution in [3.63, 3.8) is 0 Å². The average Bonchev–Trinajstić information content (AvgIpc) is 3.18. The molecule has 0 spiro atoms. The smallest absolute Gasteiger partial charge is 0.128 e. The summed E-state index contributed by atoms with van der Waals surface area (Å²) in [4.78, 5) is 2.46. The van der Waals surface area contributed by atoms with Gasteiger partial charge >= 0.3 is 0 Å². The molecule has 1 aromatic carbocycles. The molecule has 2 aliphatic rings. The molecule has 1 atom stereocenters. The van der Waals surface area contributed by atoms with Crippen molar-refractivity contribution in [1.82, 2.24) is 10.2 Å². The Morgan fingerprint density at radius 2 is 2.00 bits per heavy atom. The highest BCUT2D eigenvalue weighted by Gasteiger charge is 2.37. The molecule has 0 radical (unpaired) electrons. The molecular formula is C15H21FN2. The molecule has 1 heterocycles. The Hall–Kier alpha value is -0.930. The molecule has 3 rings (SSSR count). The van der Waals surface area contributed by atoms with Crippen molar-refractivity contribution in [2.75, 3.05) is 26.2 Å². The molecule has 2 fully saturated rings. The van der Waals surface area contributed by atoms with Gasteiger partial charge in [-0.3, -0.25) is 4.90 Å². The van der Waals surface area contributed by atoms with Gasteiger partial charge in [-0.1, -0.05) is 12.1 Å². The molecule has 1 N–H and O–H groups in total. The second-order valence-corrected chi connectivity index (χ2v) is 5.59. The summed E-state index contributed by atoms with van der Waals surface area (Å²) in [6.45, 7) is 6.07. The van der Waals surface area contributed by atoms with E-state index < -0.39 is 0 Å². The van der Waals surface area contributed by atoms with Crippen LogP contribution in [-0.4, -0.2) is 31.1 Å². The molecule has 1 aliphatic heterocycles. The van der Waals surface area contributed by atoms with Crippen LogP contribution in [0.1, 0.15) is 30.0 Å². The van der Waals surface area contributed by atoms with E-state index in [9.17, 15) is 4.39 Å². The lowest BCUT2D eigenvalue weighted by atomic mass is 9.98. The lowest BCUT2D eigenvalue weighted by molar-refractivity contribution is 0.153. The predicted octanol–water partition coefficient (Wildman–Crippen LogP) is 2.49. The van der Waals surface area contributed by atoms with Gasteiger partial charge in [-0.15, -0.1) is 0 Å². The van der Waals surface area contributed by atoms with Crippen LogP contribution in [0.25, 0.3) is 0 Å². The molecule has 1 aromatic rings. The molecule has 1 saturated carbocycles. The largest absolute Gasteiger partial charge is 0.314 e. The van der Waals surface area contributed by atoms with Crippen molar-refractivity contribution in [1.29, 1.82) is 0 Å². The first-order chi connectivity index (χ1) is 8.75. The van der Waals surface area contributed by atoms with Crippen LogP contribution in [0.2, 0.25) is 0 Å². The molecule has 2 nitrogen and oxygen atoms in total. The van der Waals surface area contributed by atoms with Gasteiger partial charge in [0.25, 0.3) is 0 Å². The first kappa shape index (κ1) is 12.1. The Morgan fingerprint density at radius 3 is 2.61 bits per heavy atom. The lowest BCUT2D eigenvalue weighted by Crippen LogP contribution is -2.45. The average molecular weight is 248 g/mol. The van der Waals surface area contributed by atoms with E-state index in [-0.39, 0.29) is 5.82 Å². The van der Waals surface area contributed by atoms with E-state index in [0.717, 1.165) is 37.3 Å². The molecular weight excluding hydrogens is 227 g/mol. The number of aryl methyl sites for hydroxylation is 1. The van der Waals surface area contributed by atoms with Gasteiger partial charge in [0.2, 0.25) is 0 Å². The summed E-state index contributed by atoms with van der Waals surface area (Å²) in [5.74, 6) is 0.644. The standard InChI is InChI=1S/C15H21FN2/c1-11-2-5-13(14(16)10-11)15(12-3-4-12)18-8-6-17-7-9-18/h2,5,10,12,15,17H,3-4,6-9H2,1H3/t15-/m1/s1. The number of halogens is 1. The third kappa shape index (κ3) is 2.43. The molecule has 0 unspecified atom stereocenters. The van der Waals surface area contributed by atoms with Gasteiger partial charge in [-0.25, -0.2) is 4.39 Å². The number of nitrogens with zero attached hydrogens (tertiary/aromatic N) is 1. The van der Waals surface area contributed by atoms with Crippen molar-refractivity contribution in [2.24, 2.45) is 5.92 Å². The van der Waals surface area contributed by atoms with Gasteiger partial charge in [0.15, 0.2) is 0 Å². The minimum absolute atomic E-state index is 0.0227. The summed E-state index contributed by atoms with van der Waals surface area (Å²) in [5.41, 5.74) is 1.91. The van der Waals surface area contributed by atoms with Gasteiger partial charge < -0.3 is 5.32 Å². The second kappa shape index (κ2) is 4.98. The zero-order valence-electron chi connectivity index (χ0n) is 11.0. The fraction of sp³-hybridized carbons (Fsp3) is 0.600. The highest BCUT2D eigenvalue weighted by Crippen LogP contribution is 2.45. The monoisotopic (exact) mass is 248 g/mol. The summed E-state index contributed by atoms with van der Waals surface area (Å²) >= 11 is 0. The van der Waals surface area contributed by atoms with Crippen molar-refractivity contribution >= 4 is 0 Å². The minimum Gasteiger partial charge on any atom is -0.314 e. The molecule has 18 heavy (non-hydrogen) atoms. The number of nitrogens with one attached hydrogen (secondary N) is 1. The number of piperazine rings is 1. The van der Waals surface area contributed by atoms with Crippen LogP contribution in [-0.2, 0) is 0 Å². The second-order valence-electron chi connectivity index (χ2n) is 5.59. The topological polar surface area (TPSA) is 15.3 Å². The maximum atomic E-state index is 14.2. The van der Waals surface area contributed by atoms with Crippen LogP contribution in [0.15, 0.2) is 18.2 Å². The molecule has 0 amide bonds. The van der Waals surface area contributed by atoms with Crippen LogP contribution >= 0.6 is 0 Å². The van der Waals surface area contributed by atoms with Crippen molar-refractivity contribution in [2.45, 2.75) is 25.8 Å². The highest BCUT2D eigenvalue weighted by molar-refractivity contribution is 5.27. The van der Waals surface area contributed by atoms with E-state index in [1.807, 2.05) is 19.1 Å². The van der Waals surface area contributed by atoms with Gasteiger partial charge in [0, 0.05) is 37.8 Å². The quantitative estimate of drug-likeness (QED) is 0.884. The number of hydrogen-bond donors (Lipinski definition) is 1. The summed E-state index contributed by atoms with van der Waals surface area (Å²) in [6.07, 6.45) is 2.50. The van der Waals surface area contributed by atoms with E-state index >= 15 is 0 Å². The first-order valence-electron chi connectivity index (χ1n) is 6.96. The third-order valence-electron chi connectivity index (χ3n) is 4.09. The zero-order valence-corrected chi connectivity index (χ0v) is 11.0. The Bertz CT molecular complexity index is 423. The minimum atomic E-state index is -0.0227. The molecule has 3 heteroatoms.